The third-order valence-corrected chi connectivity index (χ3v) is 7.36. The summed E-state index contributed by atoms with van der Waals surface area (Å²) in [7, 11) is -4.20. The van der Waals surface area contributed by atoms with Crippen LogP contribution >= 0.6 is 0 Å². The van der Waals surface area contributed by atoms with Crippen LogP contribution in [0.2, 0.25) is 0 Å². The highest BCUT2D eigenvalue weighted by molar-refractivity contribution is 7.90. The molecule has 9 nitrogen and oxygen atoms in total. The minimum atomic E-state index is -4.20. The van der Waals surface area contributed by atoms with Crippen LogP contribution in [0.25, 0.3) is 0 Å². The summed E-state index contributed by atoms with van der Waals surface area (Å²) in [6, 6.07) is 14.4. The van der Waals surface area contributed by atoms with Crippen LogP contribution in [0.3, 0.4) is 0 Å². The first-order valence-corrected chi connectivity index (χ1v) is 13.5. The zero-order valence-electron chi connectivity index (χ0n) is 21.1. The molecule has 2 heterocycles. The Kier molecular flexibility index (Phi) is 7.70. The lowest BCUT2D eigenvalue weighted by Crippen LogP contribution is -2.37. The van der Waals surface area contributed by atoms with E-state index in [9.17, 15) is 18.3 Å². The van der Waals surface area contributed by atoms with E-state index in [2.05, 4.69) is 9.71 Å². The molecule has 4 rings (SSSR count). The molecule has 37 heavy (non-hydrogen) atoms. The van der Waals surface area contributed by atoms with E-state index < -0.39 is 28.1 Å². The Hall–Kier alpha value is -3.63. The van der Waals surface area contributed by atoms with Crippen molar-refractivity contribution in [3.05, 3.63) is 77.1 Å². The molecule has 0 saturated carbocycles. The molecule has 2 unspecified atom stereocenters. The van der Waals surface area contributed by atoms with Crippen LogP contribution in [0.5, 0.6) is 17.2 Å². The van der Waals surface area contributed by atoms with Crippen molar-refractivity contribution in [2.24, 2.45) is 0 Å². The summed E-state index contributed by atoms with van der Waals surface area (Å²) in [4.78, 5) is 17.8. The molecule has 0 saturated heterocycles. The van der Waals surface area contributed by atoms with Crippen LogP contribution < -0.4 is 18.9 Å². The molecular formula is C27H30N2O7S. The van der Waals surface area contributed by atoms with Gasteiger partial charge in [0.1, 0.15) is 11.4 Å². The average molecular weight is 527 g/mol. The Balaban J connectivity index is 1.69. The third kappa shape index (κ3) is 5.86. The van der Waals surface area contributed by atoms with E-state index in [-0.39, 0.29) is 29.0 Å². The van der Waals surface area contributed by atoms with Gasteiger partial charge in [-0.3, -0.25) is 9.78 Å². The molecule has 2 atom stereocenters. The van der Waals surface area contributed by atoms with Crippen LogP contribution in [0.4, 0.5) is 0 Å². The molecule has 3 aromatic rings. The zero-order chi connectivity index (χ0) is 26.7. The van der Waals surface area contributed by atoms with E-state index in [0.29, 0.717) is 29.2 Å². The Morgan fingerprint density at radius 1 is 1.05 bits per heavy atom. The Labute approximate surface area is 216 Å². The highest BCUT2D eigenvalue weighted by Crippen LogP contribution is 2.37. The number of nitrogens with one attached hydrogen (secondary N) is 1. The number of sulfonamides is 1. The Morgan fingerprint density at radius 3 is 2.41 bits per heavy atom. The number of benzene rings is 2. The minimum Gasteiger partial charge on any atom is -0.474 e. The fraction of sp³-hybridized carbons (Fsp3) is 0.333. The van der Waals surface area contributed by atoms with Gasteiger partial charge in [-0.25, -0.2) is 13.1 Å². The predicted molar refractivity (Wildman–Crippen MR) is 136 cm³/mol. The number of aliphatic hydroxyl groups excluding tert-OH is 1. The van der Waals surface area contributed by atoms with Gasteiger partial charge < -0.3 is 19.3 Å². The number of carbonyl (C=O) groups is 1. The molecule has 1 aromatic heterocycles. The molecule has 1 aliphatic rings. The number of fused-ring (bicyclic) bond motifs is 1. The number of ether oxygens (including phenoxy) is 3. The summed E-state index contributed by atoms with van der Waals surface area (Å²) < 4.78 is 45.2. The van der Waals surface area contributed by atoms with Crippen LogP contribution in [0.1, 0.15) is 67.8 Å². The van der Waals surface area contributed by atoms with Gasteiger partial charge in [0.05, 0.1) is 11.0 Å². The van der Waals surface area contributed by atoms with E-state index >= 15 is 0 Å². The molecule has 0 aliphatic carbocycles. The van der Waals surface area contributed by atoms with Gasteiger partial charge >= 0.3 is 0 Å². The van der Waals surface area contributed by atoms with Gasteiger partial charge in [0, 0.05) is 11.3 Å². The minimum absolute atomic E-state index is 0.0337. The summed E-state index contributed by atoms with van der Waals surface area (Å²) in [5.41, 5.74) is 2.23. The van der Waals surface area contributed by atoms with Gasteiger partial charge in [0.2, 0.25) is 12.9 Å². The molecule has 1 aliphatic heterocycles. The van der Waals surface area contributed by atoms with Crippen LogP contribution in [0.15, 0.2) is 59.5 Å². The van der Waals surface area contributed by atoms with Crippen molar-refractivity contribution in [1.82, 2.24) is 9.71 Å². The highest BCUT2D eigenvalue weighted by Gasteiger charge is 2.31. The number of nitrogens with zero attached hydrogens (tertiary/aromatic N) is 1. The lowest BCUT2D eigenvalue weighted by atomic mass is 10.0. The topological polar surface area (TPSA) is 124 Å². The van der Waals surface area contributed by atoms with E-state index in [1.807, 2.05) is 13.8 Å². The van der Waals surface area contributed by atoms with E-state index in [1.54, 1.807) is 56.3 Å². The molecule has 1 amide bonds. The maximum Gasteiger partial charge on any atom is 0.279 e. The molecule has 0 radical (unpaired) electrons. The maximum absolute atomic E-state index is 13.5. The quantitative estimate of drug-likeness (QED) is 0.423. The number of aryl methyl sites for hydroxylation is 1. The predicted octanol–water partition coefficient (Wildman–Crippen LogP) is 4.31. The summed E-state index contributed by atoms with van der Waals surface area (Å²) in [6.45, 7) is 7.60. The van der Waals surface area contributed by atoms with E-state index in [4.69, 9.17) is 14.2 Å². The van der Waals surface area contributed by atoms with Crippen LogP contribution in [0, 0.1) is 6.92 Å². The summed E-state index contributed by atoms with van der Waals surface area (Å²) in [6.07, 6.45) is -1.96. The fourth-order valence-electron chi connectivity index (χ4n) is 3.85. The number of hydrogen-bond acceptors (Lipinski definition) is 8. The number of amides is 1. The number of aromatic nitrogens is 1. The average Bonchev–Trinajstić information content (AvgIpc) is 3.35. The first-order chi connectivity index (χ1) is 17.6. The van der Waals surface area contributed by atoms with Crippen molar-refractivity contribution in [1.29, 1.82) is 0 Å². The van der Waals surface area contributed by atoms with Crippen molar-refractivity contribution in [3.63, 3.8) is 0 Å². The summed E-state index contributed by atoms with van der Waals surface area (Å²) in [5, 5.41) is 10.5. The van der Waals surface area contributed by atoms with Gasteiger partial charge in [-0.05, 0) is 61.2 Å². The maximum atomic E-state index is 13.5. The second-order valence-electron chi connectivity index (χ2n) is 9.06. The normalized spacial score (nSPS) is 14.3. The highest BCUT2D eigenvalue weighted by atomic mass is 32.2. The van der Waals surface area contributed by atoms with Gasteiger partial charge in [-0.15, -0.1) is 0 Å². The molecule has 0 spiro atoms. The number of pyridine rings is 1. The number of hydrogen-bond donors (Lipinski definition) is 2. The molecular weight excluding hydrogens is 496 g/mol. The van der Waals surface area contributed by atoms with Crippen LogP contribution in [-0.2, 0) is 14.8 Å². The number of aliphatic hydroxyl groups is 1. The number of rotatable bonds is 9. The lowest BCUT2D eigenvalue weighted by Gasteiger charge is -2.22. The molecule has 0 fully saturated rings. The largest absolute Gasteiger partial charge is 0.474 e. The van der Waals surface area contributed by atoms with Gasteiger partial charge in [-0.2, -0.15) is 0 Å². The third-order valence-electron chi connectivity index (χ3n) is 6.00. The second-order valence-corrected chi connectivity index (χ2v) is 10.7. The second kappa shape index (κ2) is 10.8. The Bertz CT molecular complexity index is 1390. The van der Waals surface area contributed by atoms with Crippen molar-refractivity contribution in [2.75, 3.05) is 6.79 Å². The first kappa shape index (κ1) is 26.4. The SMILES string of the molecule is CCC(O)c1nc(C)ccc1OC(C(=O)NS(=O)(=O)c1ccc(C(C)C)cc1)c1ccc2c(c1)OCO2. The van der Waals surface area contributed by atoms with Gasteiger partial charge in [0.15, 0.2) is 11.5 Å². The molecule has 196 valence electrons. The van der Waals surface area contributed by atoms with E-state index in [0.717, 1.165) is 5.56 Å². The standard InChI is InChI=1S/C27H30N2O7S/c1-5-21(30)25-23(12-6-17(4)28-25)36-26(19-9-13-22-24(14-19)35-15-34-22)27(31)29-37(32,33)20-10-7-18(8-11-20)16(2)3/h6-14,16,21,26,30H,5,15H2,1-4H3,(H,29,31). The molecule has 2 N–H and O–H groups in total. The zero-order valence-corrected chi connectivity index (χ0v) is 21.9. The first-order valence-electron chi connectivity index (χ1n) is 12.0. The van der Waals surface area contributed by atoms with Crippen molar-refractivity contribution in [3.8, 4) is 17.2 Å². The smallest absolute Gasteiger partial charge is 0.279 e. The van der Waals surface area contributed by atoms with Crippen LogP contribution in [-0.4, -0.2) is 31.2 Å². The Morgan fingerprint density at radius 2 is 1.73 bits per heavy atom. The fourth-order valence-corrected chi connectivity index (χ4v) is 4.83. The van der Waals surface area contributed by atoms with Crippen molar-refractivity contribution in [2.45, 2.75) is 57.1 Å². The van der Waals surface area contributed by atoms with Gasteiger partial charge in [0.25, 0.3) is 15.9 Å². The number of carbonyl (C=O) groups excluding carboxylic acids is 1. The van der Waals surface area contributed by atoms with E-state index in [1.165, 1.54) is 12.1 Å². The molecule has 2 aromatic carbocycles. The summed E-state index contributed by atoms with van der Waals surface area (Å²) in [5.74, 6) is 0.383. The molecule has 0 bridgehead atoms. The van der Waals surface area contributed by atoms with Crippen molar-refractivity contribution >= 4 is 15.9 Å². The lowest BCUT2D eigenvalue weighted by molar-refractivity contribution is -0.126. The van der Waals surface area contributed by atoms with Crippen molar-refractivity contribution < 1.29 is 32.5 Å². The molecule has 10 heteroatoms. The van der Waals surface area contributed by atoms with Gasteiger partial charge in [-0.1, -0.05) is 39.0 Å². The monoisotopic (exact) mass is 526 g/mol. The summed E-state index contributed by atoms with van der Waals surface area (Å²) >= 11 is 0.